The molecule has 5 rings (SSSR count). The van der Waals surface area contributed by atoms with E-state index in [0.29, 0.717) is 23.6 Å². The number of nitrogens with one attached hydrogen (secondary N) is 2. The van der Waals surface area contributed by atoms with Gasteiger partial charge in [-0.1, -0.05) is 18.2 Å². The first-order chi connectivity index (χ1) is 18.3. The van der Waals surface area contributed by atoms with E-state index in [4.69, 9.17) is 14.5 Å². The Bertz CT molecular complexity index is 1340. The van der Waals surface area contributed by atoms with Crippen LogP contribution in [0.5, 0.6) is 5.75 Å². The van der Waals surface area contributed by atoms with Gasteiger partial charge in [-0.15, -0.1) is 11.3 Å². The van der Waals surface area contributed by atoms with Crippen LogP contribution < -0.4 is 15.4 Å². The molecule has 10 nitrogen and oxygen atoms in total. The molecule has 0 spiro atoms. The van der Waals surface area contributed by atoms with Crippen molar-refractivity contribution in [3.63, 3.8) is 0 Å². The molecule has 0 aliphatic carbocycles. The minimum absolute atomic E-state index is 0.00188. The van der Waals surface area contributed by atoms with Crippen molar-refractivity contribution in [3.05, 3.63) is 70.3 Å². The number of pyridine rings is 1. The highest BCUT2D eigenvalue weighted by atomic mass is 32.1. The van der Waals surface area contributed by atoms with Crippen molar-refractivity contribution in [1.82, 2.24) is 15.3 Å². The summed E-state index contributed by atoms with van der Waals surface area (Å²) >= 11 is 1.29. The van der Waals surface area contributed by atoms with Gasteiger partial charge in [0, 0.05) is 16.9 Å². The smallest absolute Gasteiger partial charge is 0.387 e. The van der Waals surface area contributed by atoms with Crippen molar-refractivity contribution >= 4 is 35.0 Å². The molecule has 38 heavy (non-hydrogen) atoms. The van der Waals surface area contributed by atoms with E-state index < -0.39 is 18.1 Å². The fourth-order valence-corrected chi connectivity index (χ4v) is 5.24. The lowest BCUT2D eigenvalue weighted by Gasteiger charge is -2.44. The molecule has 198 valence electrons. The summed E-state index contributed by atoms with van der Waals surface area (Å²) in [5.41, 5.74) is -0.448. The highest BCUT2D eigenvalue weighted by Gasteiger charge is 2.50. The molecule has 2 aliphatic heterocycles. The number of anilines is 1. The SMILES string of the molecule is C[C@H]1CC2COC(NC(=O)c3ccccc3)=NC2(c2nc(NC(=O)c3ccc(OC(F)F)cn3)cs2)CO1. The normalized spacial score (nSPS) is 22.6. The van der Waals surface area contributed by atoms with Gasteiger partial charge in [0.1, 0.15) is 27.8 Å². The van der Waals surface area contributed by atoms with Crippen molar-refractivity contribution in [2.45, 2.75) is 31.6 Å². The summed E-state index contributed by atoms with van der Waals surface area (Å²) in [7, 11) is 0. The summed E-state index contributed by atoms with van der Waals surface area (Å²) in [5, 5.41) is 7.64. The number of ether oxygens (including phenoxy) is 3. The van der Waals surface area contributed by atoms with E-state index in [2.05, 4.69) is 25.3 Å². The second-order valence-electron chi connectivity index (χ2n) is 8.78. The maximum atomic E-state index is 12.7. The van der Waals surface area contributed by atoms with Gasteiger partial charge in [-0.2, -0.15) is 8.78 Å². The summed E-state index contributed by atoms with van der Waals surface area (Å²) in [5.74, 6) is -0.876. The van der Waals surface area contributed by atoms with E-state index in [1.807, 2.05) is 13.0 Å². The fourth-order valence-electron chi connectivity index (χ4n) is 4.28. The molecule has 2 unspecified atom stereocenters. The van der Waals surface area contributed by atoms with Gasteiger partial charge in [-0.05, 0) is 37.6 Å². The molecule has 3 atom stereocenters. The highest BCUT2D eigenvalue weighted by Crippen LogP contribution is 2.45. The predicted octanol–water partition coefficient (Wildman–Crippen LogP) is 3.83. The molecule has 0 radical (unpaired) electrons. The van der Waals surface area contributed by atoms with E-state index in [9.17, 15) is 18.4 Å². The average molecular weight is 544 g/mol. The van der Waals surface area contributed by atoms with Gasteiger partial charge in [0.15, 0.2) is 0 Å². The summed E-state index contributed by atoms with van der Waals surface area (Å²) < 4.78 is 40.7. The van der Waals surface area contributed by atoms with Crippen LogP contribution in [0.4, 0.5) is 14.6 Å². The van der Waals surface area contributed by atoms with Gasteiger partial charge < -0.3 is 19.5 Å². The van der Waals surface area contributed by atoms with E-state index in [-0.39, 0.29) is 47.8 Å². The number of amides is 2. The Morgan fingerprint density at radius 1 is 1.16 bits per heavy atom. The van der Waals surface area contributed by atoms with Gasteiger partial charge in [0.05, 0.1) is 25.5 Å². The summed E-state index contributed by atoms with van der Waals surface area (Å²) in [6, 6.07) is 11.3. The Balaban J connectivity index is 1.36. The standard InChI is InChI=1S/C25H23F2N5O5S/c1-14-9-16-11-35-24(31-20(33)15-5-3-2-4-6-15)32-25(16,13-36-14)22-30-19(12-38-22)29-21(34)18-8-7-17(10-28-18)37-23(26)27/h2-8,10,12,14,16,23H,9,11,13H2,1H3,(H,29,34)(H,31,32,33)/t14-,16?,25?/m0/s1. The van der Waals surface area contributed by atoms with Crippen molar-refractivity contribution in [2.24, 2.45) is 10.9 Å². The van der Waals surface area contributed by atoms with Gasteiger partial charge in [-0.3, -0.25) is 14.9 Å². The Morgan fingerprint density at radius 2 is 1.97 bits per heavy atom. The van der Waals surface area contributed by atoms with Crippen LogP contribution >= 0.6 is 11.3 Å². The van der Waals surface area contributed by atoms with E-state index in [1.54, 1.807) is 29.6 Å². The van der Waals surface area contributed by atoms with Crippen LogP contribution in [-0.2, 0) is 15.0 Å². The van der Waals surface area contributed by atoms with Gasteiger partial charge in [0.2, 0.25) is 0 Å². The molecule has 2 amide bonds. The molecule has 2 N–H and O–H groups in total. The second kappa shape index (κ2) is 10.8. The molecular formula is C25H23F2N5O5S. The molecule has 1 saturated heterocycles. The second-order valence-corrected chi connectivity index (χ2v) is 9.63. The van der Waals surface area contributed by atoms with Crippen molar-refractivity contribution in [2.75, 3.05) is 18.5 Å². The molecule has 0 saturated carbocycles. The van der Waals surface area contributed by atoms with Crippen LogP contribution in [0, 0.1) is 5.92 Å². The third-order valence-electron chi connectivity index (χ3n) is 6.17. The molecular weight excluding hydrogens is 520 g/mol. The number of benzene rings is 1. The Kier molecular flexibility index (Phi) is 7.29. The summed E-state index contributed by atoms with van der Waals surface area (Å²) in [4.78, 5) is 38.6. The quantitative estimate of drug-likeness (QED) is 0.484. The number of fused-ring (bicyclic) bond motifs is 1. The van der Waals surface area contributed by atoms with Gasteiger partial charge in [0.25, 0.3) is 17.8 Å². The summed E-state index contributed by atoms with van der Waals surface area (Å²) in [6.07, 6.45) is 1.70. The number of halogens is 2. The number of hydrogen-bond donors (Lipinski definition) is 2. The number of carbonyl (C=O) groups is 2. The predicted molar refractivity (Wildman–Crippen MR) is 133 cm³/mol. The molecule has 1 aromatic carbocycles. The van der Waals surface area contributed by atoms with Crippen molar-refractivity contribution in [1.29, 1.82) is 0 Å². The zero-order chi connectivity index (χ0) is 26.7. The number of nitrogens with zero attached hydrogens (tertiary/aromatic N) is 3. The Morgan fingerprint density at radius 3 is 2.71 bits per heavy atom. The molecule has 1 fully saturated rings. The Hall–Kier alpha value is -3.97. The minimum atomic E-state index is -2.99. The third kappa shape index (κ3) is 5.48. The van der Waals surface area contributed by atoms with E-state index >= 15 is 0 Å². The molecule has 0 bridgehead atoms. The number of rotatable bonds is 6. The molecule has 2 aromatic heterocycles. The largest absolute Gasteiger partial charge is 0.465 e. The maximum absolute atomic E-state index is 12.7. The van der Waals surface area contributed by atoms with Gasteiger partial charge >= 0.3 is 6.61 Å². The lowest BCUT2D eigenvalue weighted by Crippen LogP contribution is -2.52. The number of carbonyl (C=O) groups excluding carboxylic acids is 2. The van der Waals surface area contributed by atoms with Gasteiger partial charge in [-0.25, -0.2) is 15.0 Å². The first kappa shape index (κ1) is 25.7. The van der Waals surface area contributed by atoms with E-state index in [1.165, 1.54) is 23.5 Å². The number of aliphatic imine (C=N–C) groups is 1. The highest BCUT2D eigenvalue weighted by molar-refractivity contribution is 7.10. The number of hydrogen-bond acceptors (Lipinski definition) is 9. The molecule has 3 aromatic rings. The van der Waals surface area contributed by atoms with Crippen LogP contribution in [0.25, 0.3) is 0 Å². The first-order valence-electron chi connectivity index (χ1n) is 11.7. The van der Waals surface area contributed by atoms with Crippen molar-refractivity contribution < 1.29 is 32.6 Å². The molecule has 13 heteroatoms. The van der Waals surface area contributed by atoms with Crippen LogP contribution in [0.3, 0.4) is 0 Å². The topological polar surface area (TPSA) is 124 Å². The van der Waals surface area contributed by atoms with Crippen LogP contribution in [0.2, 0.25) is 0 Å². The lowest BCUT2D eigenvalue weighted by molar-refractivity contribution is -0.0739. The maximum Gasteiger partial charge on any atom is 0.387 e. The number of thiazole rings is 1. The van der Waals surface area contributed by atoms with Crippen LogP contribution in [0.15, 0.2) is 59.0 Å². The third-order valence-corrected chi connectivity index (χ3v) is 7.18. The number of aromatic nitrogens is 2. The lowest BCUT2D eigenvalue weighted by atomic mass is 9.79. The van der Waals surface area contributed by atoms with Crippen molar-refractivity contribution in [3.8, 4) is 5.75 Å². The number of alkyl halides is 2. The Labute approximate surface area is 220 Å². The molecule has 2 aliphatic rings. The first-order valence-corrected chi connectivity index (χ1v) is 12.6. The molecule has 4 heterocycles. The van der Waals surface area contributed by atoms with E-state index in [0.717, 1.165) is 6.20 Å². The number of amidine groups is 1. The zero-order valence-corrected chi connectivity index (χ0v) is 20.9. The van der Waals surface area contributed by atoms with Crippen LogP contribution in [0.1, 0.15) is 39.2 Å². The summed E-state index contributed by atoms with van der Waals surface area (Å²) in [6.45, 7) is -0.487. The van der Waals surface area contributed by atoms with Crippen LogP contribution in [-0.4, -0.2) is 53.7 Å². The average Bonchev–Trinajstić information content (AvgIpc) is 3.38. The zero-order valence-electron chi connectivity index (χ0n) is 20.1. The fraction of sp³-hybridized carbons (Fsp3) is 0.320. The monoisotopic (exact) mass is 543 g/mol. The minimum Gasteiger partial charge on any atom is -0.465 e.